The number of aryl methyl sites for hydroxylation is 2. The van der Waals surface area contributed by atoms with Gasteiger partial charge in [0.1, 0.15) is 0 Å². The third-order valence-electron chi connectivity index (χ3n) is 4.36. The fourth-order valence-electron chi connectivity index (χ4n) is 3.32. The molecule has 0 spiro atoms. The Morgan fingerprint density at radius 2 is 1.86 bits per heavy atom. The van der Waals surface area contributed by atoms with Gasteiger partial charge in [-0.25, -0.2) is 8.42 Å². The summed E-state index contributed by atoms with van der Waals surface area (Å²) >= 11 is 0. The van der Waals surface area contributed by atoms with E-state index in [0.717, 1.165) is 42.5 Å². The van der Waals surface area contributed by atoms with Crippen molar-refractivity contribution in [1.82, 2.24) is 4.31 Å². The Balaban J connectivity index is 2.48. The van der Waals surface area contributed by atoms with Crippen LogP contribution < -0.4 is 5.32 Å². The van der Waals surface area contributed by atoms with Crippen LogP contribution in [0.3, 0.4) is 0 Å². The molecular weight excluding hydrogens is 284 g/mol. The molecular formula is C16H26N2O2S. The smallest absolute Gasteiger partial charge is 0.243 e. The van der Waals surface area contributed by atoms with E-state index in [2.05, 4.69) is 12.2 Å². The molecule has 4 nitrogen and oxygen atoms in total. The molecule has 0 aliphatic carbocycles. The highest BCUT2D eigenvalue weighted by atomic mass is 32.2. The fourth-order valence-corrected chi connectivity index (χ4v) is 5.50. The number of nitrogens with zero attached hydrogens (tertiary/aromatic N) is 1. The zero-order valence-corrected chi connectivity index (χ0v) is 14.3. The molecule has 1 heterocycles. The molecule has 118 valence electrons. The summed E-state index contributed by atoms with van der Waals surface area (Å²) in [5.41, 5.74) is 2.59. The minimum absolute atomic E-state index is 0.145. The van der Waals surface area contributed by atoms with Gasteiger partial charge >= 0.3 is 0 Å². The van der Waals surface area contributed by atoms with E-state index in [-0.39, 0.29) is 6.04 Å². The Bertz CT molecular complexity index is 588. The van der Waals surface area contributed by atoms with Crippen molar-refractivity contribution in [3.63, 3.8) is 0 Å². The molecule has 0 bridgehead atoms. The maximum absolute atomic E-state index is 13.1. The van der Waals surface area contributed by atoms with Gasteiger partial charge in [0.2, 0.25) is 10.0 Å². The molecule has 1 unspecified atom stereocenters. The molecule has 5 heteroatoms. The van der Waals surface area contributed by atoms with Crippen molar-refractivity contribution in [2.45, 2.75) is 57.4 Å². The maximum Gasteiger partial charge on any atom is 0.243 e. The second-order valence-electron chi connectivity index (χ2n) is 5.86. The normalized spacial score (nSPS) is 20.5. The number of benzene rings is 1. The Kier molecular flexibility index (Phi) is 4.94. The summed E-state index contributed by atoms with van der Waals surface area (Å²) < 4.78 is 27.9. The molecule has 0 saturated carbocycles. The minimum atomic E-state index is -3.40. The van der Waals surface area contributed by atoms with E-state index >= 15 is 0 Å². The van der Waals surface area contributed by atoms with Crippen molar-refractivity contribution < 1.29 is 8.42 Å². The number of hydrogen-bond acceptors (Lipinski definition) is 3. The molecule has 0 radical (unpaired) electrons. The standard InChI is InChI=1S/C16H26N2O2S/c1-5-15-8-6-7-9-18(15)21(19,20)16-12(2)10-14(17-4)11-13(16)3/h10-11,15,17H,5-9H2,1-4H3. The van der Waals surface area contributed by atoms with Crippen LogP contribution in [0.4, 0.5) is 5.69 Å². The Labute approximate surface area is 128 Å². The van der Waals surface area contributed by atoms with E-state index in [1.165, 1.54) is 0 Å². The summed E-state index contributed by atoms with van der Waals surface area (Å²) in [5, 5.41) is 3.08. The number of anilines is 1. The molecule has 1 atom stereocenters. The second kappa shape index (κ2) is 6.36. The summed E-state index contributed by atoms with van der Waals surface area (Å²) in [5.74, 6) is 0. The first-order valence-corrected chi connectivity index (χ1v) is 9.16. The first-order chi connectivity index (χ1) is 9.91. The molecule has 1 aliphatic heterocycles. The molecule has 0 amide bonds. The van der Waals surface area contributed by atoms with Crippen LogP contribution in [-0.2, 0) is 10.0 Å². The highest BCUT2D eigenvalue weighted by Crippen LogP contribution is 2.31. The summed E-state index contributed by atoms with van der Waals surface area (Å²) in [6.45, 7) is 6.48. The van der Waals surface area contributed by atoms with E-state index in [0.29, 0.717) is 11.4 Å². The SMILES string of the molecule is CCC1CCCCN1S(=O)(=O)c1c(C)cc(NC)cc1C. The van der Waals surface area contributed by atoms with E-state index < -0.39 is 10.0 Å². The van der Waals surface area contributed by atoms with Gasteiger partial charge in [0.15, 0.2) is 0 Å². The van der Waals surface area contributed by atoms with Crippen molar-refractivity contribution >= 4 is 15.7 Å². The van der Waals surface area contributed by atoms with Gasteiger partial charge in [-0.3, -0.25) is 0 Å². The predicted octanol–water partition coefficient (Wildman–Crippen LogP) is 3.30. The molecule has 0 aromatic heterocycles. The number of nitrogens with one attached hydrogen (secondary N) is 1. The number of hydrogen-bond donors (Lipinski definition) is 1. The monoisotopic (exact) mass is 310 g/mol. The lowest BCUT2D eigenvalue weighted by Crippen LogP contribution is -2.43. The number of rotatable bonds is 4. The third kappa shape index (κ3) is 3.09. The topological polar surface area (TPSA) is 49.4 Å². The van der Waals surface area contributed by atoms with Gasteiger partial charge in [-0.1, -0.05) is 13.3 Å². The fraction of sp³-hybridized carbons (Fsp3) is 0.625. The number of piperidine rings is 1. The summed E-state index contributed by atoms with van der Waals surface area (Å²) in [6, 6.07) is 3.96. The van der Waals surface area contributed by atoms with Gasteiger partial charge in [-0.05, 0) is 56.4 Å². The Hall–Kier alpha value is -1.07. The third-order valence-corrected chi connectivity index (χ3v) is 6.62. The molecule has 2 rings (SSSR count). The van der Waals surface area contributed by atoms with Gasteiger partial charge in [-0.15, -0.1) is 0 Å². The van der Waals surface area contributed by atoms with Crippen LogP contribution in [0.1, 0.15) is 43.7 Å². The summed E-state index contributed by atoms with van der Waals surface area (Å²) in [7, 11) is -1.56. The van der Waals surface area contributed by atoms with Gasteiger partial charge in [0, 0.05) is 25.3 Å². The van der Waals surface area contributed by atoms with Gasteiger partial charge in [-0.2, -0.15) is 4.31 Å². The molecule has 1 aromatic rings. The maximum atomic E-state index is 13.1. The van der Waals surface area contributed by atoms with E-state index in [9.17, 15) is 8.42 Å². The average molecular weight is 310 g/mol. The highest BCUT2D eigenvalue weighted by Gasteiger charge is 2.34. The lowest BCUT2D eigenvalue weighted by molar-refractivity contribution is 0.246. The van der Waals surface area contributed by atoms with E-state index in [1.54, 1.807) is 4.31 Å². The Morgan fingerprint density at radius 3 is 2.38 bits per heavy atom. The van der Waals surface area contributed by atoms with Gasteiger partial charge in [0.25, 0.3) is 0 Å². The quantitative estimate of drug-likeness (QED) is 0.928. The molecule has 1 aliphatic rings. The van der Waals surface area contributed by atoms with Crippen molar-refractivity contribution in [1.29, 1.82) is 0 Å². The summed E-state index contributed by atoms with van der Waals surface area (Å²) in [6.07, 6.45) is 3.94. The van der Waals surface area contributed by atoms with Crippen molar-refractivity contribution in [3.8, 4) is 0 Å². The molecule has 1 fully saturated rings. The first-order valence-electron chi connectivity index (χ1n) is 7.72. The second-order valence-corrected chi connectivity index (χ2v) is 7.69. The highest BCUT2D eigenvalue weighted by molar-refractivity contribution is 7.89. The van der Waals surface area contributed by atoms with Crippen LogP contribution in [-0.4, -0.2) is 32.4 Å². The van der Waals surface area contributed by atoms with Crippen LogP contribution in [0.15, 0.2) is 17.0 Å². The minimum Gasteiger partial charge on any atom is -0.388 e. The molecule has 21 heavy (non-hydrogen) atoms. The Morgan fingerprint density at radius 1 is 1.24 bits per heavy atom. The zero-order valence-electron chi connectivity index (χ0n) is 13.4. The number of sulfonamides is 1. The van der Waals surface area contributed by atoms with Crippen LogP contribution in [0.5, 0.6) is 0 Å². The van der Waals surface area contributed by atoms with Gasteiger partial charge < -0.3 is 5.32 Å². The predicted molar refractivity (Wildman–Crippen MR) is 87.3 cm³/mol. The first kappa shape index (κ1) is 16.3. The lowest BCUT2D eigenvalue weighted by atomic mass is 10.0. The van der Waals surface area contributed by atoms with Crippen molar-refractivity contribution in [3.05, 3.63) is 23.3 Å². The van der Waals surface area contributed by atoms with Crippen LogP contribution in [0.2, 0.25) is 0 Å². The van der Waals surface area contributed by atoms with E-state index in [1.807, 2.05) is 33.0 Å². The van der Waals surface area contributed by atoms with Crippen LogP contribution in [0, 0.1) is 13.8 Å². The molecule has 1 N–H and O–H groups in total. The zero-order chi connectivity index (χ0) is 15.6. The molecule has 1 aromatic carbocycles. The van der Waals surface area contributed by atoms with Crippen molar-refractivity contribution in [2.75, 3.05) is 18.9 Å². The van der Waals surface area contributed by atoms with Crippen molar-refractivity contribution in [2.24, 2.45) is 0 Å². The van der Waals surface area contributed by atoms with Gasteiger partial charge in [0.05, 0.1) is 4.90 Å². The van der Waals surface area contributed by atoms with E-state index in [4.69, 9.17) is 0 Å². The summed E-state index contributed by atoms with van der Waals surface area (Å²) in [4.78, 5) is 0.488. The van der Waals surface area contributed by atoms with Crippen LogP contribution >= 0.6 is 0 Å². The average Bonchev–Trinajstić information content (AvgIpc) is 2.46. The lowest BCUT2D eigenvalue weighted by Gasteiger charge is -2.35. The van der Waals surface area contributed by atoms with Crippen LogP contribution in [0.25, 0.3) is 0 Å². The largest absolute Gasteiger partial charge is 0.388 e. The molecule has 1 saturated heterocycles.